The fraction of sp³-hybridized carbons (Fsp3) is 0.158. The van der Waals surface area contributed by atoms with E-state index < -0.39 is 17.4 Å². The van der Waals surface area contributed by atoms with E-state index in [0.29, 0.717) is 26.7 Å². The highest BCUT2D eigenvalue weighted by Gasteiger charge is 2.24. The van der Waals surface area contributed by atoms with E-state index in [9.17, 15) is 14.4 Å². The van der Waals surface area contributed by atoms with Gasteiger partial charge in [0.1, 0.15) is 9.88 Å². The molecule has 31 heavy (non-hydrogen) atoms. The SMILES string of the molecule is CCOC(=O)c1nn(-c2ccc(Cl)cc2)c(=O)c2c(NC(=O)c3snnc3C)scc12. The summed E-state index contributed by atoms with van der Waals surface area (Å²) in [5.41, 5.74) is 0.364. The van der Waals surface area contributed by atoms with E-state index in [4.69, 9.17) is 16.3 Å². The van der Waals surface area contributed by atoms with E-state index in [1.807, 2.05) is 0 Å². The number of nitrogens with one attached hydrogen (secondary N) is 1. The molecular formula is C19H14ClN5O4S2. The van der Waals surface area contributed by atoms with Crippen molar-refractivity contribution in [3.8, 4) is 5.69 Å². The highest BCUT2D eigenvalue weighted by molar-refractivity contribution is 7.16. The van der Waals surface area contributed by atoms with E-state index in [-0.39, 0.29) is 22.7 Å². The summed E-state index contributed by atoms with van der Waals surface area (Å²) in [7, 11) is 0. The number of halogens is 1. The predicted molar refractivity (Wildman–Crippen MR) is 119 cm³/mol. The Morgan fingerprint density at radius 1 is 1.26 bits per heavy atom. The normalized spacial score (nSPS) is 10.9. The third-order valence-electron chi connectivity index (χ3n) is 4.28. The molecule has 0 aliphatic heterocycles. The Morgan fingerprint density at radius 2 is 2.00 bits per heavy atom. The largest absolute Gasteiger partial charge is 0.461 e. The van der Waals surface area contributed by atoms with E-state index in [1.165, 1.54) is 0 Å². The molecule has 0 unspecified atom stereocenters. The molecule has 0 bridgehead atoms. The first-order valence-corrected chi connectivity index (χ1v) is 11.0. The van der Waals surface area contributed by atoms with E-state index in [2.05, 4.69) is 20.0 Å². The minimum absolute atomic E-state index is 0.0289. The van der Waals surface area contributed by atoms with Gasteiger partial charge < -0.3 is 10.1 Å². The number of aromatic nitrogens is 4. The molecule has 0 saturated heterocycles. The van der Waals surface area contributed by atoms with Crippen molar-refractivity contribution in [3.63, 3.8) is 0 Å². The van der Waals surface area contributed by atoms with Gasteiger partial charge in [0, 0.05) is 15.8 Å². The number of thiophene rings is 1. The van der Waals surface area contributed by atoms with Gasteiger partial charge in [-0.2, -0.15) is 9.78 Å². The first kappa shape index (κ1) is 21.1. The molecule has 0 spiro atoms. The number of amides is 1. The minimum atomic E-state index is -0.673. The van der Waals surface area contributed by atoms with Gasteiger partial charge in [-0.25, -0.2) is 4.79 Å². The first-order valence-electron chi connectivity index (χ1n) is 8.98. The van der Waals surface area contributed by atoms with Crippen LogP contribution in [0.4, 0.5) is 5.00 Å². The predicted octanol–water partition coefficient (Wildman–Crippen LogP) is 3.69. The summed E-state index contributed by atoms with van der Waals surface area (Å²) in [6.07, 6.45) is 0. The summed E-state index contributed by atoms with van der Waals surface area (Å²) in [6.45, 7) is 3.49. The quantitative estimate of drug-likeness (QED) is 0.437. The maximum Gasteiger partial charge on any atom is 0.359 e. The Labute approximate surface area is 188 Å². The van der Waals surface area contributed by atoms with Gasteiger partial charge in [0.15, 0.2) is 5.69 Å². The average molecular weight is 476 g/mol. The second-order valence-electron chi connectivity index (χ2n) is 6.26. The third kappa shape index (κ3) is 3.94. The van der Waals surface area contributed by atoms with Crippen molar-refractivity contribution in [1.82, 2.24) is 19.4 Å². The van der Waals surface area contributed by atoms with Crippen LogP contribution in [-0.2, 0) is 4.74 Å². The maximum atomic E-state index is 13.3. The molecule has 4 rings (SSSR count). The van der Waals surface area contributed by atoms with Gasteiger partial charge in [-0.1, -0.05) is 16.1 Å². The molecule has 0 fully saturated rings. The number of benzene rings is 1. The molecule has 1 N–H and O–H groups in total. The molecule has 3 aromatic heterocycles. The first-order chi connectivity index (χ1) is 14.9. The van der Waals surface area contributed by atoms with Crippen molar-refractivity contribution in [2.75, 3.05) is 11.9 Å². The van der Waals surface area contributed by atoms with Crippen molar-refractivity contribution in [2.45, 2.75) is 13.8 Å². The number of ether oxygens (including phenoxy) is 1. The van der Waals surface area contributed by atoms with E-state index >= 15 is 0 Å². The zero-order valence-corrected chi connectivity index (χ0v) is 18.6. The topological polar surface area (TPSA) is 116 Å². The Hall–Kier alpha value is -3.15. The molecular weight excluding hydrogens is 462 g/mol. The average Bonchev–Trinajstić information content (AvgIpc) is 3.36. The van der Waals surface area contributed by atoms with Crippen LogP contribution in [0, 0.1) is 6.92 Å². The highest BCUT2D eigenvalue weighted by atomic mass is 35.5. The number of esters is 1. The van der Waals surface area contributed by atoms with Gasteiger partial charge in [0.2, 0.25) is 0 Å². The Kier molecular flexibility index (Phi) is 5.81. The molecule has 9 nitrogen and oxygen atoms in total. The molecule has 0 aliphatic rings. The summed E-state index contributed by atoms with van der Waals surface area (Å²) in [5, 5.41) is 13.6. The van der Waals surface area contributed by atoms with Gasteiger partial charge >= 0.3 is 5.97 Å². The highest BCUT2D eigenvalue weighted by Crippen LogP contribution is 2.31. The van der Waals surface area contributed by atoms with Crippen LogP contribution in [0.5, 0.6) is 0 Å². The lowest BCUT2D eigenvalue weighted by Gasteiger charge is -2.10. The van der Waals surface area contributed by atoms with Crippen molar-refractivity contribution in [3.05, 3.63) is 61.3 Å². The number of hydrogen-bond acceptors (Lipinski definition) is 9. The van der Waals surface area contributed by atoms with Crippen LogP contribution in [0.25, 0.3) is 16.5 Å². The summed E-state index contributed by atoms with van der Waals surface area (Å²) < 4.78 is 9.96. The summed E-state index contributed by atoms with van der Waals surface area (Å²) >= 11 is 8.02. The lowest BCUT2D eigenvalue weighted by Crippen LogP contribution is -2.25. The number of anilines is 1. The van der Waals surface area contributed by atoms with Gasteiger partial charge in [-0.3, -0.25) is 9.59 Å². The molecule has 1 amide bonds. The van der Waals surface area contributed by atoms with Crippen LogP contribution in [0.2, 0.25) is 5.02 Å². The Bertz CT molecular complexity index is 1360. The lowest BCUT2D eigenvalue weighted by molar-refractivity contribution is 0.0520. The molecule has 0 radical (unpaired) electrons. The van der Waals surface area contributed by atoms with E-state index in [1.54, 1.807) is 43.5 Å². The molecule has 0 saturated carbocycles. The summed E-state index contributed by atoms with van der Waals surface area (Å²) in [4.78, 5) is 38.9. The molecule has 1 aromatic carbocycles. The zero-order chi connectivity index (χ0) is 22.1. The van der Waals surface area contributed by atoms with Crippen LogP contribution in [0.15, 0.2) is 34.4 Å². The molecule has 0 aliphatic carbocycles. The molecule has 3 heterocycles. The maximum absolute atomic E-state index is 13.3. The van der Waals surface area contributed by atoms with Gasteiger partial charge in [0.25, 0.3) is 11.5 Å². The zero-order valence-electron chi connectivity index (χ0n) is 16.2. The third-order valence-corrected chi connectivity index (χ3v) is 6.25. The number of carbonyl (C=O) groups is 2. The number of rotatable bonds is 5. The number of nitrogens with zero attached hydrogens (tertiary/aromatic N) is 4. The van der Waals surface area contributed by atoms with Crippen LogP contribution >= 0.6 is 34.5 Å². The number of fused-ring (bicyclic) bond motifs is 1. The van der Waals surface area contributed by atoms with Crippen molar-refractivity contribution < 1.29 is 14.3 Å². The van der Waals surface area contributed by atoms with Crippen molar-refractivity contribution in [2.24, 2.45) is 0 Å². The Balaban J connectivity index is 1.90. The second-order valence-corrected chi connectivity index (χ2v) is 8.33. The molecule has 4 aromatic rings. The second kappa shape index (κ2) is 8.53. The van der Waals surface area contributed by atoms with Crippen LogP contribution in [0.1, 0.15) is 32.8 Å². The number of hydrogen-bond donors (Lipinski definition) is 1. The Morgan fingerprint density at radius 3 is 2.65 bits per heavy atom. The number of aryl methyl sites for hydroxylation is 1. The molecule has 158 valence electrons. The van der Waals surface area contributed by atoms with Crippen LogP contribution in [-0.4, -0.2) is 37.9 Å². The minimum Gasteiger partial charge on any atom is -0.461 e. The van der Waals surface area contributed by atoms with Gasteiger partial charge in [-0.15, -0.1) is 16.4 Å². The molecule has 0 atom stereocenters. The number of carbonyl (C=O) groups excluding carboxylic acids is 2. The smallest absolute Gasteiger partial charge is 0.359 e. The standard InChI is InChI=1S/C19H14ClN5O4S2/c1-3-29-19(28)14-12-8-30-17(21-16(26)15-9(2)22-24-31-15)13(12)18(27)25(23-14)11-6-4-10(20)5-7-11/h4-8H,3H2,1-2H3,(H,21,26). The fourth-order valence-corrected chi connectivity index (χ4v) is 4.46. The summed E-state index contributed by atoms with van der Waals surface area (Å²) in [6, 6.07) is 6.42. The monoisotopic (exact) mass is 475 g/mol. The van der Waals surface area contributed by atoms with E-state index in [0.717, 1.165) is 27.6 Å². The summed E-state index contributed by atoms with van der Waals surface area (Å²) in [5.74, 6) is -1.11. The van der Waals surface area contributed by atoms with Crippen LogP contribution < -0.4 is 10.9 Å². The van der Waals surface area contributed by atoms with Crippen molar-refractivity contribution >= 4 is 62.1 Å². The van der Waals surface area contributed by atoms with Gasteiger partial charge in [0.05, 0.1) is 23.4 Å². The van der Waals surface area contributed by atoms with Crippen LogP contribution in [0.3, 0.4) is 0 Å². The molecule has 12 heteroatoms. The lowest BCUT2D eigenvalue weighted by atomic mass is 10.2. The fourth-order valence-electron chi connectivity index (χ4n) is 2.85. The van der Waals surface area contributed by atoms with Crippen molar-refractivity contribution in [1.29, 1.82) is 0 Å². The van der Waals surface area contributed by atoms with Gasteiger partial charge in [-0.05, 0) is 49.6 Å².